The summed E-state index contributed by atoms with van der Waals surface area (Å²) in [7, 11) is 0. The van der Waals surface area contributed by atoms with Crippen molar-refractivity contribution in [1.82, 2.24) is 20.2 Å². The summed E-state index contributed by atoms with van der Waals surface area (Å²) in [5, 5.41) is 9.95. The van der Waals surface area contributed by atoms with Crippen LogP contribution in [0.15, 0.2) is 6.33 Å². The van der Waals surface area contributed by atoms with Gasteiger partial charge in [-0.05, 0) is 16.8 Å². The van der Waals surface area contributed by atoms with Gasteiger partial charge in [0.1, 0.15) is 12.4 Å². The summed E-state index contributed by atoms with van der Waals surface area (Å²) in [6, 6.07) is -1.82. The quantitative estimate of drug-likeness (QED) is 0.734. The van der Waals surface area contributed by atoms with E-state index in [1.54, 1.807) is 0 Å². The van der Waals surface area contributed by atoms with Gasteiger partial charge in [0.15, 0.2) is 0 Å². The lowest BCUT2D eigenvalue weighted by Gasteiger charge is -2.14. The number of hydrogen-bond acceptors (Lipinski definition) is 4. The molecular weight excluding hydrogens is 187 g/mol. The Labute approximate surface area is 71.7 Å². The second kappa shape index (κ2) is 3.69. The topological polar surface area (TPSA) is 69.6 Å². The predicted octanol–water partition coefficient (Wildman–Crippen LogP) is -0.0472. The van der Waals surface area contributed by atoms with Crippen LogP contribution in [0.3, 0.4) is 0 Å². The minimum atomic E-state index is -4.35. The third-order valence-electron chi connectivity index (χ3n) is 1.48. The molecule has 1 heterocycles. The van der Waals surface area contributed by atoms with Gasteiger partial charge >= 0.3 is 6.18 Å². The number of aromatic nitrogens is 4. The summed E-state index contributed by atoms with van der Waals surface area (Å²) in [5.41, 5.74) is 4.86. The third-order valence-corrected chi connectivity index (χ3v) is 1.48. The molecule has 1 atom stereocenters. The van der Waals surface area contributed by atoms with E-state index in [0.29, 0.717) is 0 Å². The number of aryl methyl sites for hydroxylation is 1. The van der Waals surface area contributed by atoms with Crippen molar-refractivity contribution in [1.29, 1.82) is 0 Å². The van der Waals surface area contributed by atoms with E-state index in [-0.39, 0.29) is 13.0 Å². The first-order valence-corrected chi connectivity index (χ1v) is 3.53. The Morgan fingerprint density at radius 2 is 2.15 bits per heavy atom. The average molecular weight is 195 g/mol. The van der Waals surface area contributed by atoms with Gasteiger partial charge in [0.25, 0.3) is 0 Å². The summed E-state index contributed by atoms with van der Waals surface area (Å²) >= 11 is 0. The molecule has 1 aromatic rings. The van der Waals surface area contributed by atoms with Crippen LogP contribution >= 0.6 is 0 Å². The summed E-state index contributed by atoms with van der Waals surface area (Å²) in [6.45, 7) is 0.0632. The number of nitrogens with zero attached hydrogens (tertiary/aromatic N) is 4. The molecule has 8 heteroatoms. The smallest absolute Gasteiger partial charge is 0.320 e. The maximum Gasteiger partial charge on any atom is 0.403 e. The largest absolute Gasteiger partial charge is 0.403 e. The van der Waals surface area contributed by atoms with Crippen molar-refractivity contribution < 1.29 is 13.2 Å². The van der Waals surface area contributed by atoms with Gasteiger partial charge in [-0.3, -0.25) is 0 Å². The lowest BCUT2D eigenvalue weighted by atomic mass is 10.2. The standard InChI is InChI=1S/C5H8F3N5/c6-5(7,8)4(9)1-2-13-3-10-11-12-13/h3-4H,1-2,9H2. The van der Waals surface area contributed by atoms with Crippen LogP contribution in [-0.2, 0) is 6.54 Å². The van der Waals surface area contributed by atoms with Gasteiger partial charge in [0, 0.05) is 6.54 Å². The average Bonchev–Trinajstić information content (AvgIpc) is 2.50. The first kappa shape index (κ1) is 9.90. The lowest BCUT2D eigenvalue weighted by Crippen LogP contribution is -2.38. The van der Waals surface area contributed by atoms with Crippen molar-refractivity contribution in [3.05, 3.63) is 6.33 Å². The SMILES string of the molecule is NC(CCn1cnnn1)C(F)(F)F. The molecule has 0 aromatic carbocycles. The first-order valence-electron chi connectivity index (χ1n) is 3.53. The molecule has 2 N–H and O–H groups in total. The Balaban J connectivity index is 2.35. The molecule has 0 saturated carbocycles. The molecule has 0 aliphatic carbocycles. The second-order valence-electron chi connectivity index (χ2n) is 2.51. The van der Waals surface area contributed by atoms with Crippen LogP contribution in [0.5, 0.6) is 0 Å². The molecule has 1 aromatic heterocycles. The van der Waals surface area contributed by atoms with Crippen LogP contribution in [0.1, 0.15) is 6.42 Å². The number of nitrogens with two attached hydrogens (primary N) is 1. The summed E-state index contributed by atoms with van der Waals surface area (Å²) in [4.78, 5) is 0. The van der Waals surface area contributed by atoms with Crippen LogP contribution in [0.25, 0.3) is 0 Å². The Morgan fingerprint density at radius 3 is 2.62 bits per heavy atom. The second-order valence-corrected chi connectivity index (χ2v) is 2.51. The zero-order chi connectivity index (χ0) is 9.90. The normalized spacial score (nSPS) is 14.5. The van der Waals surface area contributed by atoms with Crippen molar-refractivity contribution in [2.45, 2.75) is 25.2 Å². The number of halogens is 3. The van der Waals surface area contributed by atoms with Crippen molar-refractivity contribution >= 4 is 0 Å². The Morgan fingerprint density at radius 1 is 1.46 bits per heavy atom. The molecule has 0 saturated heterocycles. The van der Waals surface area contributed by atoms with Gasteiger partial charge in [-0.2, -0.15) is 13.2 Å². The van der Waals surface area contributed by atoms with E-state index in [0.717, 1.165) is 0 Å². The molecule has 74 valence electrons. The van der Waals surface area contributed by atoms with E-state index >= 15 is 0 Å². The molecule has 1 unspecified atom stereocenters. The van der Waals surface area contributed by atoms with Crippen LogP contribution in [0.4, 0.5) is 13.2 Å². The van der Waals surface area contributed by atoms with Crippen LogP contribution in [0, 0.1) is 0 Å². The Hall–Kier alpha value is -1.18. The van der Waals surface area contributed by atoms with E-state index in [9.17, 15) is 13.2 Å². The monoisotopic (exact) mass is 195 g/mol. The van der Waals surface area contributed by atoms with E-state index in [4.69, 9.17) is 5.73 Å². The van der Waals surface area contributed by atoms with Gasteiger partial charge < -0.3 is 5.73 Å². The molecule has 0 aliphatic rings. The fourth-order valence-electron chi connectivity index (χ4n) is 0.718. The molecule has 13 heavy (non-hydrogen) atoms. The van der Waals surface area contributed by atoms with Crippen LogP contribution in [-0.4, -0.2) is 32.4 Å². The van der Waals surface area contributed by atoms with Gasteiger partial charge in [0.05, 0.1) is 0 Å². The van der Waals surface area contributed by atoms with Crippen LogP contribution < -0.4 is 5.73 Å². The molecule has 0 bridgehead atoms. The molecule has 0 spiro atoms. The minimum absolute atomic E-state index is 0.0632. The minimum Gasteiger partial charge on any atom is -0.320 e. The maximum atomic E-state index is 11.9. The molecule has 1 rings (SSSR count). The molecule has 0 fully saturated rings. The van der Waals surface area contributed by atoms with Crippen molar-refractivity contribution in [2.75, 3.05) is 0 Å². The van der Waals surface area contributed by atoms with Gasteiger partial charge in [-0.25, -0.2) is 4.68 Å². The van der Waals surface area contributed by atoms with E-state index in [1.165, 1.54) is 11.0 Å². The van der Waals surface area contributed by atoms with Gasteiger partial charge in [0.2, 0.25) is 0 Å². The van der Waals surface area contributed by atoms with Crippen molar-refractivity contribution in [2.24, 2.45) is 5.73 Å². The molecule has 0 aliphatic heterocycles. The molecular formula is C5H8F3N5. The predicted molar refractivity (Wildman–Crippen MR) is 36.5 cm³/mol. The highest BCUT2D eigenvalue weighted by atomic mass is 19.4. The summed E-state index contributed by atoms with van der Waals surface area (Å²) in [5.74, 6) is 0. The molecule has 0 radical (unpaired) electrons. The Kier molecular flexibility index (Phi) is 2.81. The fourth-order valence-corrected chi connectivity index (χ4v) is 0.718. The zero-order valence-electron chi connectivity index (χ0n) is 6.57. The third kappa shape index (κ3) is 2.98. The highest BCUT2D eigenvalue weighted by molar-refractivity contribution is 4.69. The van der Waals surface area contributed by atoms with E-state index in [1.807, 2.05) is 0 Å². The first-order chi connectivity index (χ1) is 6.00. The van der Waals surface area contributed by atoms with Gasteiger partial charge in [-0.15, -0.1) is 5.10 Å². The highest BCUT2D eigenvalue weighted by Crippen LogP contribution is 2.20. The van der Waals surface area contributed by atoms with Crippen molar-refractivity contribution in [3.8, 4) is 0 Å². The van der Waals surface area contributed by atoms with Crippen molar-refractivity contribution in [3.63, 3.8) is 0 Å². The number of rotatable bonds is 3. The maximum absolute atomic E-state index is 11.9. The summed E-state index contributed by atoms with van der Waals surface area (Å²) < 4.78 is 36.9. The molecule has 0 amide bonds. The summed E-state index contributed by atoms with van der Waals surface area (Å²) in [6.07, 6.45) is -3.34. The highest BCUT2D eigenvalue weighted by Gasteiger charge is 2.36. The zero-order valence-corrected chi connectivity index (χ0v) is 6.57. The van der Waals surface area contributed by atoms with E-state index < -0.39 is 12.2 Å². The van der Waals surface area contributed by atoms with E-state index in [2.05, 4.69) is 15.5 Å². The lowest BCUT2D eigenvalue weighted by molar-refractivity contribution is -0.149. The number of tetrazole rings is 1. The van der Waals surface area contributed by atoms with Crippen LogP contribution in [0.2, 0.25) is 0 Å². The molecule has 5 nitrogen and oxygen atoms in total. The van der Waals surface area contributed by atoms with Gasteiger partial charge in [-0.1, -0.05) is 0 Å². The number of hydrogen-bond donors (Lipinski definition) is 1. The number of alkyl halides is 3. The Bertz CT molecular complexity index is 243. The fraction of sp³-hybridized carbons (Fsp3) is 0.800.